The van der Waals surface area contributed by atoms with E-state index < -0.39 is 0 Å². The summed E-state index contributed by atoms with van der Waals surface area (Å²) in [7, 11) is 0. The van der Waals surface area contributed by atoms with Gasteiger partial charge in [-0.05, 0) is 38.0 Å². The van der Waals surface area contributed by atoms with E-state index in [2.05, 4.69) is 31.0 Å². The van der Waals surface area contributed by atoms with Crippen LogP contribution in [0.15, 0.2) is 0 Å². The maximum absolute atomic E-state index is 12.3. The smallest absolute Gasteiger partial charge is 0.240 e. The van der Waals surface area contributed by atoms with E-state index in [9.17, 15) is 4.79 Å². The van der Waals surface area contributed by atoms with E-state index in [1.807, 2.05) is 6.92 Å². The van der Waals surface area contributed by atoms with Gasteiger partial charge >= 0.3 is 0 Å². The summed E-state index contributed by atoms with van der Waals surface area (Å²) in [5, 5.41) is 3.44. The van der Waals surface area contributed by atoms with E-state index in [4.69, 9.17) is 0 Å². The number of hydrogen-bond acceptors (Lipinski definition) is 2. The van der Waals surface area contributed by atoms with E-state index in [1.54, 1.807) is 0 Å². The molecule has 1 aliphatic carbocycles. The van der Waals surface area contributed by atoms with Crippen LogP contribution in [0, 0.1) is 5.41 Å². The second-order valence-corrected chi connectivity index (χ2v) is 6.50. The number of nitrogens with one attached hydrogen (secondary N) is 1. The molecule has 3 unspecified atom stereocenters. The molecule has 0 bridgehead atoms. The fourth-order valence-corrected chi connectivity index (χ4v) is 3.38. The Hall–Kier alpha value is -0.570. The standard InChI is InChI=1S/C14H26N2O/c1-5-6-12-15-10(2)13(17)16(12)11-7-8-14(3,4)9-11/h10-12,15H,5-9H2,1-4H3. The Kier molecular flexibility index (Phi) is 3.48. The van der Waals surface area contributed by atoms with E-state index in [0.717, 1.165) is 19.3 Å². The Morgan fingerprint density at radius 1 is 1.47 bits per heavy atom. The lowest BCUT2D eigenvalue weighted by Gasteiger charge is -2.31. The first-order valence-corrected chi connectivity index (χ1v) is 7.03. The van der Waals surface area contributed by atoms with Gasteiger partial charge in [0.05, 0.1) is 12.2 Å². The average molecular weight is 238 g/mol. The maximum Gasteiger partial charge on any atom is 0.240 e. The summed E-state index contributed by atoms with van der Waals surface area (Å²) >= 11 is 0. The largest absolute Gasteiger partial charge is 0.323 e. The number of carbonyl (C=O) groups excluding carboxylic acids is 1. The van der Waals surface area contributed by atoms with Crippen molar-refractivity contribution in [2.75, 3.05) is 0 Å². The predicted octanol–water partition coefficient (Wildman–Crippen LogP) is 2.51. The fourth-order valence-electron chi connectivity index (χ4n) is 3.38. The number of hydrogen-bond donors (Lipinski definition) is 1. The molecule has 0 radical (unpaired) electrons. The molecular weight excluding hydrogens is 212 g/mol. The molecule has 2 aliphatic rings. The van der Waals surface area contributed by atoms with Gasteiger partial charge in [0.1, 0.15) is 0 Å². The van der Waals surface area contributed by atoms with Gasteiger partial charge in [-0.2, -0.15) is 0 Å². The molecule has 2 rings (SSSR count). The first-order chi connectivity index (χ1) is 7.94. The molecule has 0 aromatic heterocycles. The van der Waals surface area contributed by atoms with Crippen LogP contribution in [-0.4, -0.2) is 29.1 Å². The monoisotopic (exact) mass is 238 g/mol. The molecule has 0 aromatic rings. The Bertz CT molecular complexity index is 301. The van der Waals surface area contributed by atoms with Gasteiger partial charge in [-0.15, -0.1) is 0 Å². The highest BCUT2D eigenvalue weighted by Gasteiger charge is 2.44. The summed E-state index contributed by atoms with van der Waals surface area (Å²) < 4.78 is 0. The molecular formula is C14H26N2O. The van der Waals surface area contributed by atoms with Gasteiger partial charge in [-0.25, -0.2) is 0 Å². The minimum absolute atomic E-state index is 0.00950. The molecule has 3 atom stereocenters. The van der Waals surface area contributed by atoms with Gasteiger partial charge in [0.2, 0.25) is 5.91 Å². The van der Waals surface area contributed by atoms with Crippen molar-refractivity contribution in [1.29, 1.82) is 0 Å². The maximum atomic E-state index is 12.3. The van der Waals surface area contributed by atoms with Crippen molar-refractivity contribution in [2.24, 2.45) is 5.41 Å². The lowest BCUT2D eigenvalue weighted by molar-refractivity contribution is -0.132. The summed E-state index contributed by atoms with van der Waals surface area (Å²) in [6, 6.07) is 0.474. The van der Waals surface area contributed by atoms with Crippen LogP contribution in [0.5, 0.6) is 0 Å². The van der Waals surface area contributed by atoms with E-state index in [-0.39, 0.29) is 12.2 Å². The minimum atomic E-state index is 0.00950. The molecule has 1 saturated heterocycles. The van der Waals surface area contributed by atoms with Crippen LogP contribution >= 0.6 is 0 Å². The molecule has 1 aliphatic heterocycles. The topological polar surface area (TPSA) is 32.3 Å². The second kappa shape index (κ2) is 4.60. The fraction of sp³-hybridized carbons (Fsp3) is 0.929. The third kappa shape index (κ3) is 2.49. The predicted molar refractivity (Wildman–Crippen MR) is 69.6 cm³/mol. The number of nitrogens with zero attached hydrogens (tertiary/aromatic N) is 1. The zero-order chi connectivity index (χ0) is 12.6. The Morgan fingerprint density at radius 3 is 2.71 bits per heavy atom. The summed E-state index contributed by atoms with van der Waals surface area (Å²) in [5.41, 5.74) is 0.410. The lowest BCUT2D eigenvalue weighted by atomic mass is 9.91. The summed E-state index contributed by atoms with van der Waals surface area (Å²) in [5.74, 6) is 0.311. The van der Waals surface area contributed by atoms with Crippen LogP contribution in [-0.2, 0) is 4.79 Å². The van der Waals surface area contributed by atoms with Crippen molar-refractivity contribution < 1.29 is 4.79 Å². The molecule has 0 aromatic carbocycles. The molecule has 3 nitrogen and oxygen atoms in total. The quantitative estimate of drug-likeness (QED) is 0.819. The van der Waals surface area contributed by atoms with Gasteiger partial charge in [-0.3, -0.25) is 10.1 Å². The molecule has 2 fully saturated rings. The van der Waals surface area contributed by atoms with Crippen LogP contribution in [0.4, 0.5) is 0 Å². The highest BCUT2D eigenvalue weighted by molar-refractivity contribution is 5.84. The molecule has 1 N–H and O–H groups in total. The van der Waals surface area contributed by atoms with Gasteiger partial charge < -0.3 is 4.90 Å². The third-order valence-electron chi connectivity index (χ3n) is 4.30. The minimum Gasteiger partial charge on any atom is -0.323 e. The third-order valence-corrected chi connectivity index (χ3v) is 4.30. The summed E-state index contributed by atoms with van der Waals surface area (Å²) in [6.45, 7) is 8.81. The number of amides is 1. The highest BCUT2D eigenvalue weighted by atomic mass is 16.2. The van der Waals surface area contributed by atoms with Gasteiger partial charge in [-0.1, -0.05) is 27.2 Å². The molecule has 1 saturated carbocycles. The van der Waals surface area contributed by atoms with Crippen LogP contribution in [0.1, 0.15) is 59.8 Å². The molecule has 0 spiro atoms. The van der Waals surface area contributed by atoms with Crippen molar-refractivity contribution >= 4 is 5.91 Å². The van der Waals surface area contributed by atoms with Crippen molar-refractivity contribution in [3.05, 3.63) is 0 Å². The molecule has 3 heteroatoms. The number of rotatable bonds is 3. The lowest BCUT2D eigenvalue weighted by Crippen LogP contribution is -2.43. The Balaban J connectivity index is 2.09. The van der Waals surface area contributed by atoms with Crippen LogP contribution in [0.2, 0.25) is 0 Å². The normalized spacial score (nSPS) is 36.8. The van der Waals surface area contributed by atoms with Gasteiger partial charge in [0, 0.05) is 6.04 Å². The first-order valence-electron chi connectivity index (χ1n) is 7.03. The highest BCUT2D eigenvalue weighted by Crippen LogP contribution is 2.41. The molecule has 17 heavy (non-hydrogen) atoms. The first kappa shape index (κ1) is 12.9. The van der Waals surface area contributed by atoms with Crippen LogP contribution < -0.4 is 5.32 Å². The number of carbonyl (C=O) groups is 1. The Labute approximate surface area is 105 Å². The van der Waals surface area contributed by atoms with Crippen LogP contribution in [0.25, 0.3) is 0 Å². The Morgan fingerprint density at radius 2 is 2.18 bits per heavy atom. The van der Waals surface area contributed by atoms with E-state index in [0.29, 0.717) is 17.4 Å². The van der Waals surface area contributed by atoms with E-state index >= 15 is 0 Å². The zero-order valence-electron chi connectivity index (χ0n) is 11.6. The van der Waals surface area contributed by atoms with Crippen molar-refractivity contribution in [3.8, 4) is 0 Å². The van der Waals surface area contributed by atoms with Crippen molar-refractivity contribution in [2.45, 2.75) is 78.0 Å². The summed E-state index contributed by atoms with van der Waals surface area (Å²) in [4.78, 5) is 14.4. The van der Waals surface area contributed by atoms with Gasteiger partial charge in [0.15, 0.2) is 0 Å². The summed E-state index contributed by atoms with van der Waals surface area (Å²) in [6.07, 6.45) is 6.06. The zero-order valence-corrected chi connectivity index (χ0v) is 11.6. The molecule has 98 valence electrons. The average Bonchev–Trinajstić information content (AvgIpc) is 2.70. The SMILES string of the molecule is CCCC1NC(C)C(=O)N1C1CCC(C)(C)C1. The second-order valence-electron chi connectivity index (χ2n) is 6.50. The molecule has 1 heterocycles. The van der Waals surface area contributed by atoms with Crippen molar-refractivity contribution in [3.63, 3.8) is 0 Å². The van der Waals surface area contributed by atoms with E-state index in [1.165, 1.54) is 12.8 Å². The molecule has 1 amide bonds. The van der Waals surface area contributed by atoms with Crippen molar-refractivity contribution in [1.82, 2.24) is 10.2 Å². The van der Waals surface area contributed by atoms with Crippen LogP contribution in [0.3, 0.4) is 0 Å². The van der Waals surface area contributed by atoms with Gasteiger partial charge in [0.25, 0.3) is 0 Å².